The molecule has 8 heteroatoms. The number of rotatable bonds is 3. The van der Waals surface area contributed by atoms with Crippen molar-refractivity contribution in [2.24, 2.45) is 0 Å². The van der Waals surface area contributed by atoms with Crippen LogP contribution in [-0.2, 0) is 17.5 Å². The zero-order valence-electron chi connectivity index (χ0n) is 10.3. The van der Waals surface area contributed by atoms with Gasteiger partial charge in [0.1, 0.15) is 0 Å². The van der Waals surface area contributed by atoms with E-state index in [1.54, 1.807) is 4.90 Å². The largest absolute Gasteiger partial charge is 0.435 e. The Hall–Kier alpha value is -1.57. The molecule has 1 fully saturated rings. The SMILES string of the molecule is O=C(CCn1ccc(C(F)(F)F)n1)N1CCNCC1. The van der Waals surface area contributed by atoms with Crippen LogP contribution in [0, 0.1) is 0 Å². The molecule has 0 atom stereocenters. The second kappa shape index (κ2) is 5.60. The zero-order chi connectivity index (χ0) is 13.9. The minimum Gasteiger partial charge on any atom is -0.340 e. The second-order valence-corrected chi connectivity index (χ2v) is 4.34. The van der Waals surface area contributed by atoms with Gasteiger partial charge in [0.2, 0.25) is 5.91 Å². The van der Waals surface area contributed by atoms with Crippen LogP contribution in [0.3, 0.4) is 0 Å². The molecule has 5 nitrogen and oxygen atoms in total. The summed E-state index contributed by atoms with van der Waals surface area (Å²) in [5.74, 6) is -0.0504. The van der Waals surface area contributed by atoms with Crippen molar-refractivity contribution in [2.45, 2.75) is 19.1 Å². The topological polar surface area (TPSA) is 50.2 Å². The standard InChI is InChI=1S/C11H15F3N4O/c12-11(13,14)9-1-5-18(16-9)6-2-10(19)17-7-3-15-4-8-17/h1,5,15H,2-4,6-8H2. The van der Waals surface area contributed by atoms with Gasteiger partial charge in [-0.25, -0.2) is 0 Å². The molecule has 2 rings (SSSR count). The summed E-state index contributed by atoms with van der Waals surface area (Å²) in [6.07, 6.45) is -3.03. The molecule has 1 aromatic heterocycles. The lowest BCUT2D eigenvalue weighted by Gasteiger charge is -2.27. The van der Waals surface area contributed by atoms with Crippen molar-refractivity contribution in [1.82, 2.24) is 20.0 Å². The van der Waals surface area contributed by atoms with Gasteiger partial charge in [-0.1, -0.05) is 0 Å². The fourth-order valence-corrected chi connectivity index (χ4v) is 1.92. The molecule has 106 valence electrons. The summed E-state index contributed by atoms with van der Waals surface area (Å²) in [7, 11) is 0. The number of amides is 1. The van der Waals surface area contributed by atoms with E-state index in [4.69, 9.17) is 0 Å². The number of hydrogen-bond acceptors (Lipinski definition) is 3. The monoisotopic (exact) mass is 276 g/mol. The lowest BCUT2D eigenvalue weighted by atomic mass is 10.3. The Morgan fingerprint density at radius 3 is 2.63 bits per heavy atom. The molecule has 1 saturated heterocycles. The van der Waals surface area contributed by atoms with Crippen LogP contribution in [0.25, 0.3) is 0 Å². The van der Waals surface area contributed by atoms with E-state index in [-0.39, 0.29) is 18.9 Å². The van der Waals surface area contributed by atoms with Crippen molar-refractivity contribution in [3.8, 4) is 0 Å². The van der Waals surface area contributed by atoms with Gasteiger partial charge in [0, 0.05) is 45.3 Å². The van der Waals surface area contributed by atoms with E-state index in [2.05, 4.69) is 10.4 Å². The van der Waals surface area contributed by atoms with E-state index < -0.39 is 11.9 Å². The predicted octanol–water partition coefficient (Wildman–Crippen LogP) is 0.724. The number of carbonyl (C=O) groups is 1. The first kappa shape index (κ1) is 13.9. The Balaban J connectivity index is 1.85. The summed E-state index contributed by atoms with van der Waals surface area (Å²) in [4.78, 5) is 13.5. The molecule has 0 bridgehead atoms. The van der Waals surface area contributed by atoms with Crippen molar-refractivity contribution in [3.63, 3.8) is 0 Å². The van der Waals surface area contributed by atoms with Crippen molar-refractivity contribution in [1.29, 1.82) is 0 Å². The number of halogens is 3. The summed E-state index contributed by atoms with van der Waals surface area (Å²) in [5, 5.41) is 6.53. The maximum atomic E-state index is 12.3. The maximum absolute atomic E-state index is 12.3. The lowest BCUT2D eigenvalue weighted by Crippen LogP contribution is -2.46. The number of nitrogens with one attached hydrogen (secondary N) is 1. The lowest BCUT2D eigenvalue weighted by molar-refractivity contribution is -0.141. The van der Waals surface area contributed by atoms with Crippen molar-refractivity contribution in [3.05, 3.63) is 18.0 Å². The van der Waals surface area contributed by atoms with Gasteiger partial charge in [-0.3, -0.25) is 9.48 Å². The highest BCUT2D eigenvalue weighted by molar-refractivity contribution is 5.76. The van der Waals surface area contributed by atoms with Crippen LogP contribution in [0.1, 0.15) is 12.1 Å². The molecule has 1 N–H and O–H groups in total. The number of aryl methyl sites for hydroxylation is 1. The third kappa shape index (κ3) is 3.69. The smallest absolute Gasteiger partial charge is 0.340 e. The summed E-state index contributed by atoms with van der Waals surface area (Å²) in [6, 6.07) is 0.912. The average molecular weight is 276 g/mol. The number of piperazine rings is 1. The number of carbonyl (C=O) groups excluding carboxylic acids is 1. The van der Waals surface area contributed by atoms with Crippen LogP contribution in [0.2, 0.25) is 0 Å². The van der Waals surface area contributed by atoms with Gasteiger partial charge in [-0.05, 0) is 6.07 Å². The first-order valence-corrected chi connectivity index (χ1v) is 6.06. The van der Waals surface area contributed by atoms with Crippen LogP contribution >= 0.6 is 0 Å². The summed E-state index contributed by atoms with van der Waals surface area (Å²) in [6.45, 7) is 2.97. The molecule has 0 spiro atoms. The molecule has 2 heterocycles. The van der Waals surface area contributed by atoms with Gasteiger partial charge in [0.15, 0.2) is 5.69 Å². The normalized spacial score (nSPS) is 16.7. The third-order valence-corrected chi connectivity index (χ3v) is 2.96. The summed E-state index contributed by atoms with van der Waals surface area (Å²) < 4.78 is 38.2. The first-order chi connectivity index (χ1) is 8.97. The van der Waals surface area contributed by atoms with E-state index in [0.717, 1.165) is 23.8 Å². The minimum absolute atomic E-state index is 0.0504. The van der Waals surface area contributed by atoms with Crippen molar-refractivity contribution < 1.29 is 18.0 Å². The van der Waals surface area contributed by atoms with Gasteiger partial charge in [-0.2, -0.15) is 18.3 Å². The molecular weight excluding hydrogens is 261 g/mol. The molecule has 0 radical (unpaired) electrons. The Morgan fingerprint density at radius 2 is 2.05 bits per heavy atom. The quantitative estimate of drug-likeness (QED) is 0.885. The van der Waals surface area contributed by atoms with Crippen molar-refractivity contribution in [2.75, 3.05) is 26.2 Å². The van der Waals surface area contributed by atoms with E-state index in [0.29, 0.717) is 13.1 Å². The molecule has 1 aliphatic heterocycles. The van der Waals surface area contributed by atoms with Crippen molar-refractivity contribution >= 4 is 5.91 Å². The van der Waals surface area contributed by atoms with E-state index in [9.17, 15) is 18.0 Å². The average Bonchev–Trinajstić information content (AvgIpc) is 2.86. The molecule has 1 amide bonds. The Bertz CT molecular complexity index is 437. The number of hydrogen-bond donors (Lipinski definition) is 1. The van der Waals surface area contributed by atoms with Crippen LogP contribution in [0.5, 0.6) is 0 Å². The number of nitrogens with zero attached hydrogens (tertiary/aromatic N) is 3. The van der Waals surface area contributed by atoms with Gasteiger partial charge in [0.25, 0.3) is 0 Å². The fourth-order valence-electron chi connectivity index (χ4n) is 1.92. The van der Waals surface area contributed by atoms with Gasteiger partial charge < -0.3 is 10.2 Å². The number of aromatic nitrogens is 2. The summed E-state index contributed by atoms with van der Waals surface area (Å²) >= 11 is 0. The van der Waals surface area contributed by atoms with Gasteiger partial charge in [0.05, 0.1) is 0 Å². The van der Waals surface area contributed by atoms with Crippen LogP contribution in [-0.4, -0.2) is 46.8 Å². The molecule has 0 aromatic carbocycles. The maximum Gasteiger partial charge on any atom is 0.435 e. The molecule has 0 aliphatic carbocycles. The molecule has 1 aliphatic rings. The highest BCUT2D eigenvalue weighted by atomic mass is 19.4. The first-order valence-electron chi connectivity index (χ1n) is 6.06. The molecule has 1 aromatic rings. The van der Waals surface area contributed by atoms with Crippen LogP contribution in [0.15, 0.2) is 12.3 Å². The Morgan fingerprint density at radius 1 is 1.37 bits per heavy atom. The van der Waals surface area contributed by atoms with Gasteiger partial charge >= 0.3 is 6.18 Å². The second-order valence-electron chi connectivity index (χ2n) is 4.34. The highest BCUT2D eigenvalue weighted by Crippen LogP contribution is 2.27. The van der Waals surface area contributed by atoms with Crippen LogP contribution in [0.4, 0.5) is 13.2 Å². The van der Waals surface area contributed by atoms with Gasteiger partial charge in [-0.15, -0.1) is 0 Å². The highest BCUT2D eigenvalue weighted by Gasteiger charge is 2.33. The molecule has 0 saturated carbocycles. The van der Waals surface area contributed by atoms with E-state index in [1.807, 2.05) is 0 Å². The Labute approximate surface area is 108 Å². The van der Waals surface area contributed by atoms with E-state index in [1.165, 1.54) is 6.20 Å². The zero-order valence-corrected chi connectivity index (χ0v) is 10.3. The fraction of sp³-hybridized carbons (Fsp3) is 0.636. The Kier molecular flexibility index (Phi) is 4.08. The molecule has 0 unspecified atom stereocenters. The molecule has 19 heavy (non-hydrogen) atoms. The molecular formula is C11H15F3N4O. The predicted molar refractivity (Wildman–Crippen MR) is 61.3 cm³/mol. The van der Waals surface area contributed by atoms with E-state index >= 15 is 0 Å². The minimum atomic E-state index is -4.44. The van der Waals surface area contributed by atoms with Crippen LogP contribution < -0.4 is 5.32 Å². The number of alkyl halides is 3. The third-order valence-electron chi connectivity index (χ3n) is 2.96. The summed E-state index contributed by atoms with van der Waals surface area (Å²) in [5.41, 5.74) is -0.929.